The van der Waals surface area contributed by atoms with Gasteiger partial charge in [-0.3, -0.25) is 0 Å². The van der Waals surface area contributed by atoms with Crippen molar-refractivity contribution in [3.05, 3.63) is 42.3 Å². The van der Waals surface area contributed by atoms with Gasteiger partial charge in [-0.15, -0.1) is 0 Å². The molecule has 0 fully saturated rings. The van der Waals surface area contributed by atoms with Gasteiger partial charge < -0.3 is 7.43 Å². The molecule has 0 atom stereocenters. The van der Waals surface area contributed by atoms with Crippen LogP contribution in [0.25, 0.3) is 0 Å². The van der Waals surface area contributed by atoms with Crippen LogP contribution in [0.15, 0.2) is 18.2 Å². The second kappa shape index (κ2) is 7.27. The van der Waals surface area contributed by atoms with Gasteiger partial charge in [-0.25, -0.2) is 0 Å². The van der Waals surface area contributed by atoms with Crippen LogP contribution < -0.4 is 0 Å². The minimum atomic E-state index is 0. The molecule has 0 heterocycles. The van der Waals surface area contributed by atoms with Crippen LogP contribution in [-0.4, -0.2) is 0 Å². The van der Waals surface area contributed by atoms with Gasteiger partial charge in [0, 0.05) is 32.7 Å². The molecule has 0 unspecified atom stereocenters. The molecule has 0 amide bonds. The van der Waals surface area contributed by atoms with Crippen LogP contribution in [0.1, 0.15) is 12.5 Å². The fourth-order valence-electron chi connectivity index (χ4n) is 0.658. The topological polar surface area (TPSA) is 0 Å². The quantitative estimate of drug-likeness (QED) is 0.665. The van der Waals surface area contributed by atoms with Crippen LogP contribution >= 0.6 is 11.6 Å². The molecule has 0 spiro atoms. The summed E-state index contributed by atoms with van der Waals surface area (Å²) in [6.45, 7) is 2.10. The molecule has 0 N–H and O–H groups in total. The first kappa shape index (κ1) is 14.2. The van der Waals surface area contributed by atoms with E-state index in [0.717, 1.165) is 11.4 Å². The summed E-state index contributed by atoms with van der Waals surface area (Å²) in [6, 6.07) is 8.72. The third-order valence-electron chi connectivity index (χ3n) is 1.22. The van der Waals surface area contributed by atoms with E-state index in [0.29, 0.717) is 0 Å². The van der Waals surface area contributed by atoms with Crippen LogP contribution in [0.4, 0.5) is 0 Å². The predicted molar refractivity (Wildman–Crippen MR) is 46.1 cm³/mol. The maximum absolute atomic E-state index is 5.64. The summed E-state index contributed by atoms with van der Waals surface area (Å²) in [5, 5.41) is 0.757. The molecule has 0 aromatic heterocycles. The standard InChI is InChI=1S/C8H8Cl.CH3.Y/c1-2-7-3-5-8(9)6-4-7;;/h3,5-6H,2H2,1H3;1H3;/q2*-1;. The van der Waals surface area contributed by atoms with Crippen molar-refractivity contribution in [3.8, 4) is 0 Å². The van der Waals surface area contributed by atoms with Crippen molar-refractivity contribution in [3.63, 3.8) is 0 Å². The number of benzene rings is 1. The van der Waals surface area contributed by atoms with Gasteiger partial charge in [0.15, 0.2) is 0 Å². The van der Waals surface area contributed by atoms with Crippen LogP contribution in [0, 0.1) is 13.5 Å². The van der Waals surface area contributed by atoms with Gasteiger partial charge in [0.05, 0.1) is 0 Å². The Morgan fingerprint density at radius 1 is 1.45 bits per heavy atom. The van der Waals surface area contributed by atoms with Crippen molar-refractivity contribution >= 4 is 11.6 Å². The van der Waals surface area contributed by atoms with Gasteiger partial charge in [0.25, 0.3) is 0 Å². The Morgan fingerprint density at radius 2 is 2.09 bits per heavy atom. The molecule has 59 valence electrons. The smallest absolute Gasteiger partial charge is 0 e. The van der Waals surface area contributed by atoms with Crippen molar-refractivity contribution in [2.45, 2.75) is 13.3 Å². The zero-order valence-corrected chi connectivity index (χ0v) is 10.5. The molecule has 1 aromatic carbocycles. The minimum Gasteiger partial charge on any atom is -0.358 e. The van der Waals surface area contributed by atoms with Gasteiger partial charge in [-0.1, -0.05) is 18.4 Å². The van der Waals surface area contributed by atoms with Crippen LogP contribution in [0.5, 0.6) is 0 Å². The Morgan fingerprint density at radius 3 is 2.45 bits per heavy atom. The molecule has 0 aliphatic heterocycles. The van der Waals surface area contributed by atoms with Crippen molar-refractivity contribution in [2.24, 2.45) is 0 Å². The molecule has 0 nitrogen and oxygen atoms in total. The molecular formula is C9H11ClY-2. The average molecular weight is 244 g/mol. The van der Waals surface area contributed by atoms with Gasteiger partial charge in [-0.05, 0) is 0 Å². The van der Waals surface area contributed by atoms with Crippen molar-refractivity contribution < 1.29 is 32.7 Å². The van der Waals surface area contributed by atoms with E-state index in [9.17, 15) is 0 Å². The molecule has 0 saturated heterocycles. The molecule has 1 radical (unpaired) electrons. The molecule has 0 aliphatic rings. The number of halogens is 1. The number of rotatable bonds is 1. The van der Waals surface area contributed by atoms with Gasteiger partial charge in [0.1, 0.15) is 0 Å². The van der Waals surface area contributed by atoms with Crippen LogP contribution in [0.3, 0.4) is 0 Å². The molecule has 0 bridgehead atoms. The molecule has 1 rings (SSSR count). The summed E-state index contributed by atoms with van der Waals surface area (Å²) in [5.41, 5.74) is 1.21. The molecule has 11 heavy (non-hydrogen) atoms. The monoisotopic (exact) mass is 243 g/mol. The molecular weight excluding hydrogens is 232 g/mol. The first-order valence-electron chi connectivity index (χ1n) is 2.99. The van der Waals surface area contributed by atoms with E-state index < -0.39 is 0 Å². The van der Waals surface area contributed by atoms with E-state index in [1.54, 1.807) is 6.07 Å². The van der Waals surface area contributed by atoms with Crippen molar-refractivity contribution in [1.29, 1.82) is 0 Å². The Bertz CT molecular complexity index is 181. The zero-order chi connectivity index (χ0) is 6.69. The SMILES string of the molecule is CCc1[c-]cc(Cl)cc1.[CH3-].[Y]. The predicted octanol–water partition coefficient (Wildman–Crippen LogP) is 3.15. The number of hydrogen-bond donors (Lipinski definition) is 0. The maximum Gasteiger partial charge on any atom is 0 e. The number of hydrogen-bond acceptors (Lipinski definition) is 0. The van der Waals surface area contributed by atoms with E-state index in [1.165, 1.54) is 5.56 Å². The molecule has 1 aromatic rings. The van der Waals surface area contributed by atoms with Crippen LogP contribution in [-0.2, 0) is 39.1 Å². The van der Waals surface area contributed by atoms with Gasteiger partial charge in [-0.2, -0.15) is 41.4 Å². The first-order valence-corrected chi connectivity index (χ1v) is 3.37. The summed E-state index contributed by atoms with van der Waals surface area (Å²) < 4.78 is 0. The largest absolute Gasteiger partial charge is 0.358 e. The minimum absolute atomic E-state index is 0. The summed E-state index contributed by atoms with van der Waals surface area (Å²) in [7, 11) is 0. The maximum atomic E-state index is 5.64. The summed E-state index contributed by atoms with van der Waals surface area (Å²) in [6.07, 6.45) is 1.02. The van der Waals surface area contributed by atoms with E-state index in [2.05, 4.69) is 13.0 Å². The molecule has 0 saturated carbocycles. The van der Waals surface area contributed by atoms with Gasteiger partial charge in [0.2, 0.25) is 0 Å². The van der Waals surface area contributed by atoms with Crippen molar-refractivity contribution in [1.82, 2.24) is 0 Å². The number of aryl methyl sites for hydroxylation is 1. The molecule has 2 heteroatoms. The normalized spacial score (nSPS) is 7.82. The Balaban J connectivity index is 0. The van der Waals surface area contributed by atoms with Crippen LogP contribution in [0.2, 0.25) is 5.02 Å². The Kier molecular flexibility index (Phi) is 9.36. The summed E-state index contributed by atoms with van der Waals surface area (Å²) in [5.74, 6) is 0. The fourth-order valence-corrected chi connectivity index (χ4v) is 0.776. The second-order valence-electron chi connectivity index (χ2n) is 1.89. The molecule has 0 aliphatic carbocycles. The Labute approximate surface area is 99.2 Å². The zero-order valence-electron chi connectivity index (χ0n) is 6.89. The Hall–Kier alpha value is 0.614. The van der Waals surface area contributed by atoms with Crippen molar-refractivity contribution in [2.75, 3.05) is 0 Å². The van der Waals surface area contributed by atoms with E-state index in [1.807, 2.05) is 12.1 Å². The van der Waals surface area contributed by atoms with E-state index >= 15 is 0 Å². The van der Waals surface area contributed by atoms with E-state index in [-0.39, 0.29) is 40.1 Å². The fraction of sp³-hybridized carbons (Fsp3) is 0.222. The third-order valence-corrected chi connectivity index (χ3v) is 1.46. The summed E-state index contributed by atoms with van der Waals surface area (Å²) in [4.78, 5) is 0. The average Bonchev–Trinajstić information content (AvgIpc) is 1.90. The van der Waals surface area contributed by atoms with Gasteiger partial charge >= 0.3 is 0 Å². The second-order valence-corrected chi connectivity index (χ2v) is 2.32. The third kappa shape index (κ3) is 4.95. The first-order chi connectivity index (χ1) is 4.33. The van der Waals surface area contributed by atoms with E-state index in [4.69, 9.17) is 11.6 Å². The summed E-state index contributed by atoms with van der Waals surface area (Å²) >= 11 is 5.64.